The van der Waals surface area contributed by atoms with Crippen LogP contribution < -0.4 is 0 Å². The van der Waals surface area contributed by atoms with Gasteiger partial charge in [-0.15, -0.1) is 0 Å². The third kappa shape index (κ3) is 1.69. The molecule has 0 aliphatic heterocycles. The molecular weight excluding hydrogens is 212 g/mol. The van der Waals surface area contributed by atoms with Crippen molar-refractivity contribution in [1.29, 1.82) is 0 Å². The molecule has 6 nitrogen and oxygen atoms in total. The quantitative estimate of drug-likeness (QED) is 0.737. The molecule has 0 saturated carbocycles. The molecule has 0 amide bonds. The van der Waals surface area contributed by atoms with Gasteiger partial charge in [0, 0.05) is 0 Å². The van der Waals surface area contributed by atoms with Crippen LogP contribution in [-0.2, 0) is 4.74 Å². The molecule has 2 aromatic rings. The molecule has 0 bridgehead atoms. The lowest BCUT2D eigenvalue weighted by molar-refractivity contribution is 0.0520. The molecule has 0 atom stereocenters. The Hall–Kier alpha value is -2.11. The zero-order chi connectivity index (χ0) is 11.5. The van der Waals surface area contributed by atoms with Crippen LogP contribution in [-0.4, -0.2) is 22.7 Å². The lowest BCUT2D eigenvalue weighted by Gasteiger charge is -1.99. The maximum absolute atomic E-state index is 11.5. The summed E-state index contributed by atoms with van der Waals surface area (Å²) in [6.45, 7) is 3.76. The van der Waals surface area contributed by atoms with Crippen LogP contribution in [0.5, 0.6) is 0 Å². The summed E-state index contributed by atoms with van der Waals surface area (Å²) in [5.41, 5.74) is 1.36. The summed E-state index contributed by atoms with van der Waals surface area (Å²) in [5, 5.41) is 3.70. The van der Waals surface area contributed by atoms with Crippen LogP contribution in [0.25, 0.3) is 11.3 Å². The highest BCUT2D eigenvalue weighted by atomic mass is 16.5. The second-order valence-corrected chi connectivity index (χ2v) is 3.06. The Bertz CT molecular complexity index is 500. The van der Waals surface area contributed by atoms with Crippen LogP contribution in [0.1, 0.15) is 23.1 Å². The number of carbonyl (C=O) groups is 1. The third-order valence-electron chi connectivity index (χ3n) is 2.03. The second-order valence-electron chi connectivity index (χ2n) is 3.06. The van der Waals surface area contributed by atoms with Gasteiger partial charge in [0.15, 0.2) is 17.8 Å². The first kappa shape index (κ1) is 10.4. The van der Waals surface area contributed by atoms with Crippen molar-refractivity contribution in [3.05, 3.63) is 24.0 Å². The Morgan fingerprint density at radius 3 is 3.00 bits per heavy atom. The predicted octanol–water partition coefficient (Wildman–Crippen LogP) is 1.81. The van der Waals surface area contributed by atoms with Gasteiger partial charge in [0.1, 0.15) is 6.26 Å². The number of aromatic nitrogens is 2. The van der Waals surface area contributed by atoms with E-state index in [1.165, 1.54) is 12.7 Å². The summed E-state index contributed by atoms with van der Waals surface area (Å²) < 4.78 is 14.8. The summed E-state index contributed by atoms with van der Waals surface area (Å²) in [6.07, 6.45) is 2.59. The average Bonchev–Trinajstić information content (AvgIpc) is 2.85. The van der Waals surface area contributed by atoms with E-state index in [0.29, 0.717) is 17.0 Å². The van der Waals surface area contributed by atoms with Gasteiger partial charge in [-0.25, -0.2) is 9.78 Å². The molecule has 84 valence electrons. The van der Waals surface area contributed by atoms with Crippen LogP contribution in [0.3, 0.4) is 0 Å². The molecule has 0 fully saturated rings. The minimum Gasteiger partial charge on any atom is -0.461 e. The van der Waals surface area contributed by atoms with Gasteiger partial charge in [0.25, 0.3) is 0 Å². The van der Waals surface area contributed by atoms with E-state index in [1.807, 2.05) is 0 Å². The van der Waals surface area contributed by atoms with Gasteiger partial charge >= 0.3 is 5.97 Å². The van der Waals surface area contributed by atoms with Gasteiger partial charge in [0.2, 0.25) is 0 Å². The van der Waals surface area contributed by atoms with Gasteiger partial charge in [-0.2, -0.15) is 0 Å². The van der Waals surface area contributed by atoms with Crippen LogP contribution in [0, 0.1) is 6.92 Å². The van der Waals surface area contributed by atoms with Crippen LogP contribution >= 0.6 is 0 Å². The van der Waals surface area contributed by atoms with E-state index >= 15 is 0 Å². The molecular formula is C10H10N2O4. The summed E-state index contributed by atoms with van der Waals surface area (Å²) in [6, 6.07) is 0. The minimum absolute atomic E-state index is 0.133. The van der Waals surface area contributed by atoms with Gasteiger partial charge in [-0.1, -0.05) is 5.16 Å². The SMILES string of the molecule is CCOC(=O)c1ncoc1-c1conc1C. The van der Waals surface area contributed by atoms with Crippen LogP contribution in [0.4, 0.5) is 0 Å². The van der Waals surface area contributed by atoms with E-state index in [1.54, 1.807) is 13.8 Å². The number of hydrogen-bond acceptors (Lipinski definition) is 6. The molecule has 0 N–H and O–H groups in total. The van der Waals surface area contributed by atoms with Crippen molar-refractivity contribution >= 4 is 5.97 Å². The fourth-order valence-corrected chi connectivity index (χ4v) is 1.29. The second kappa shape index (κ2) is 4.18. The van der Waals surface area contributed by atoms with E-state index < -0.39 is 5.97 Å². The van der Waals surface area contributed by atoms with Gasteiger partial charge in [0.05, 0.1) is 17.9 Å². The molecule has 6 heteroatoms. The summed E-state index contributed by atoms with van der Waals surface area (Å²) in [4.78, 5) is 15.4. The Morgan fingerprint density at radius 2 is 2.38 bits per heavy atom. The molecule has 0 saturated heterocycles. The Kier molecular flexibility index (Phi) is 2.72. The molecule has 2 heterocycles. The molecule has 0 radical (unpaired) electrons. The molecule has 0 aliphatic rings. The zero-order valence-corrected chi connectivity index (χ0v) is 8.89. The maximum atomic E-state index is 11.5. The Balaban J connectivity index is 2.40. The number of aryl methyl sites for hydroxylation is 1. The van der Waals surface area contributed by atoms with Gasteiger partial charge in [-0.05, 0) is 13.8 Å². The Labute approximate surface area is 91.2 Å². The van der Waals surface area contributed by atoms with Crippen molar-refractivity contribution < 1.29 is 18.5 Å². The lowest BCUT2D eigenvalue weighted by Crippen LogP contribution is -2.06. The van der Waals surface area contributed by atoms with Crippen molar-refractivity contribution in [3.63, 3.8) is 0 Å². The zero-order valence-electron chi connectivity index (χ0n) is 8.89. The highest BCUT2D eigenvalue weighted by molar-refractivity contribution is 5.93. The molecule has 0 aliphatic carbocycles. The average molecular weight is 222 g/mol. The highest BCUT2D eigenvalue weighted by Gasteiger charge is 2.22. The summed E-state index contributed by atoms with van der Waals surface area (Å²) in [7, 11) is 0. The fraction of sp³-hybridized carbons (Fsp3) is 0.300. The number of carbonyl (C=O) groups excluding carboxylic acids is 1. The minimum atomic E-state index is -0.521. The topological polar surface area (TPSA) is 78.4 Å². The van der Waals surface area contributed by atoms with E-state index in [2.05, 4.69) is 10.1 Å². The normalized spacial score (nSPS) is 10.4. The first-order valence-corrected chi connectivity index (χ1v) is 4.76. The molecule has 2 aromatic heterocycles. The number of rotatable bonds is 3. The standard InChI is InChI=1S/C10H10N2O4/c1-3-14-10(13)8-9(15-5-11-8)7-4-16-12-6(7)2/h4-5H,3H2,1-2H3. The smallest absolute Gasteiger partial charge is 0.360 e. The molecule has 0 aromatic carbocycles. The molecule has 16 heavy (non-hydrogen) atoms. The predicted molar refractivity (Wildman–Crippen MR) is 52.7 cm³/mol. The summed E-state index contributed by atoms with van der Waals surface area (Å²) >= 11 is 0. The molecule has 2 rings (SSSR count). The lowest BCUT2D eigenvalue weighted by atomic mass is 10.2. The highest BCUT2D eigenvalue weighted by Crippen LogP contribution is 2.26. The molecule has 0 spiro atoms. The fourth-order valence-electron chi connectivity index (χ4n) is 1.29. The van der Waals surface area contributed by atoms with Crippen molar-refractivity contribution in [2.24, 2.45) is 0 Å². The molecule has 0 unspecified atom stereocenters. The van der Waals surface area contributed by atoms with E-state index in [9.17, 15) is 4.79 Å². The first-order valence-electron chi connectivity index (χ1n) is 4.76. The summed E-state index contributed by atoms with van der Waals surface area (Å²) in [5.74, 6) is -0.205. The van der Waals surface area contributed by atoms with Crippen LogP contribution in [0.15, 0.2) is 21.6 Å². The van der Waals surface area contributed by atoms with E-state index in [-0.39, 0.29) is 12.3 Å². The van der Waals surface area contributed by atoms with Crippen molar-refractivity contribution in [1.82, 2.24) is 10.1 Å². The first-order chi connectivity index (χ1) is 7.74. The van der Waals surface area contributed by atoms with Crippen molar-refractivity contribution in [2.45, 2.75) is 13.8 Å². The Morgan fingerprint density at radius 1 is 1.56 bits per heavy atom. The van der Waals surface area contributed by atoms with Crippen molar-refractivity contribution in [3.8, 4) is 11.3 Å². The van der Waals surface area contributed by atoms with Gasteiger partial charge in [-0.3, -0.25) is 0 Å². The number of esters is 1. The van der Waals surface area contributed by atoms with Crippen LogP contribution in [0.2, 0.25) is 0 Å². The number of hydrogen-bond donors (Lipinski definition) is 0. The van der Waals surface area contributed by atoms with E-state index in [0.717, 1.165) is 0 Å². The largest absolute Gasteiger partial charge is 0.461 e. The maximum Gasteiger partial charge on any atom is 0.360 e. The number of nitrogens with zero attached hydrogens (tertiary/aromatic N) is 2. The van der Waals surface area contributed by atoms with Crippen molar-refractivity contribution in [2.75, 3.05) is 6.61 Å². The van der Waals surface area contributed by atoms with Gasteiger partial charge < -0.3 is 13.7 Å². The number of ether oxygens (including phenoxy) is 1. The van der Waals surface area contributed by atoms with E-state index in [4.69, 9.17) is 13.7 Å². The number of oxazole rings is 1. The monoisotopic (exact) mass is 222 g/mol. The third-order valence-corrected chi connectivity index (χ3v) is 2.03.